The van der Waals surface area contributed by atoms with Gasteiger partial charge in [-0.25, -0.2) is 0 Å². The number of carbonyl (C=O) groups excluding carboxylic acids is 4. The van der Waals surface area contributed by atoms with Crippen LogP contribution in [0.5, 0.6) is 5.75 Å². The number of nitrogens with zero attached hydrogens (tertiary/aromatic N) is 3. The first-order valence-corrected chi connectivity index (χ1v) is 19.1. The fourth-order valence-corrected chi connectivity index (χ4v) is 10.4. The van der Waals surface area contributed by atoms with Crippen LogP contribution in [0, 0.1) is 30.6 Å². The van der Waals surface area contributed by atoms with Gasteiger partial charge in [-0.2, -0.15) is 5.01 Å². The van der Waals surface area contributed by atoms with Crippen molar-refractivity contribution in [3.8, 4) is 5.75 Å². The normalized spacial score (nSPS) is 28.5. The van der Waals surface area contributed by atoms with Crippen molar-refractivity contribution in [3.05, 3.63) is 143 Å². The Hall–Kier alpha value is -5.54. The molecule has 2 N–H and O–H groups in total. The molecule has 3 aliphatic heterocycles. The molecule has 4 amide bonds. The molecule has 9 rings (SSSR count). The van der Waals surface area contributed by atoms with Crippen LogP contribution in [0.2, 0.25) is 0 Å². The molecular formula is C45H44N4O5. The number of amides is 4. The Balaban J connectivity index is 1.09. The number of hydrogen-bond acceptors (Lipinski definition) is 7. The summed E-state index contributed by atoms with van der Waals surface area (Å²) in [5.41, 5.74) is 7.14. The number of aromatic hydroxyl groups is 1. The second kappa shape index (κ2) is 13.4. The molecule has 9 nitrogen and oxygen atoms in total. The number of likely N-dealkylation sites (tertiary alicyclic amines) is 2. The van der Waals surface area contributed by atoms with Gasteiger partial charge in [0.15, 0.2) is 0 Å². The number of nitrogens with one attached hydrogen (secondary N) is 1. The molecule has 0 spiro atoms. The highest BCUT2D eigenvalue weighted by atomic mass is 16.3. The SMILES string of the molecule is Cc1ccc(NN2C(=O)C3CC4C(=CCC5C(=O)N(C6CCN(Cc7ccccc7)CC6)C(=O)C54)C(c4ccc(O)cc4)C3(c3ccccc3)C2=O)cc1. The van der Waals surface area contributed by atoms with Crippen LogP contribution in [0.25, 0.3) is 0 Å². The summed E-state index contributed by atoms with van der Waals surface area (Å²) in [6.45, 7) is 4.40. The first-order chi connectivity index (χ1) is 26.3. The molecule has 3 saturated heterocycles. The molecule has 5 aliphatic rings. The maximum Gasteiger partial charge on any atom is 0.260 e. The number of aryl methyl sites for hydroxylation is 1. The van der Waals surface area contributed by atoms with E-state index in [0.717, 1.165) is 54.7 Å². The number of fused-ring (bicyclic) bond motifs is 4. The third-order valence-corrected chi connectivity index (χ3v) is 12.8. The Kier molecular flexibility index (Phi) is 8.49. The maximum atomic E-state index is 15.2. The Labute approximate surface area is 315 Å². The van der Waals surface area contributed by atoms with Gasteiger partial charge in [0.05, 0.1) is 28.9 Å². The maximum absolute atomic E-state index is 15.2. The summed E-state index contributed by atoms with van der Waals surface area (Å²) in [5.74, 6) is -3.86. The first kappa shape index (κ1) is 34.2. The topological polar surface area (TPSA) is 110 Å². The predicted molar refractivity (Wildman–Crippen MR) is 203 cm³/mol. The van der Waals surface area contributed by atoms with Crippen molar-refractivity contribution in [2.24, 2.45) is 23.7 Å². The van der Waals surface area contributed by atoms with Crippen molar-refractivity contribution in [1.29, 1.82) is 0 Å². The fraction of sp³-hybridized carbons (Fsp3) is 0.333. The summed E-state index contributed by atoms with van der Waals surface area (Å²) >= 11 is 0. The Morgan fingerprint density at radius 2 is 1.43 bits per heavy atom. The number of anilines is 1. The minimum absolute atomic E-state index is 0.0904. The summed E-state index contributed by atoms with van der Waals surface area (Å²) in [6, 6.07) is 34.1. The van der Waals surface area contributed by atoms with Gasteiger partial charge in [-0.3, -0.25) is 34.4 Å². The van der Waals surface area contributed by atoms with E-state index in [0.29, 0.717) is 12.1 Å². The molecule has 54 heavy (non-hydrogen) atoms. The summed E-state index contributed by atoms with van der Waals surface area (Å²) in [6.07, 6.45) is 4.18. The van der Waals surface area contributed by atoms with Crippen molar-refractivity contribution < 1.29 is 24.3 Å². The van der Waals surface area contributed by atoms with E-state index >= 15 is 4.79 Å². The lowest BCUT2D eigenvalue weighted by molar-refractivity contribution is -0.144. The first-order valence-electron chi connectivity index (χ1n) is 19.1. The molecule has 274 valence electrons. The molecule has 0 aromatic heterocycles. The number of allylic oxidation sites excluding steroid dienone is 2. The van der Waals surface area contributed by atoms with Gasteiger partial charge in [-0.05, 0) is 79.5 Å². The standard InChI is InChI=1S/C45H44N4O5/c1-28-12-16-32(17-13-28)46-49-42(52)38-26-37-35(40(30-14-18-34(50)19-15-30)45(38,44(49)54)31-10-6-3-7-11-31)20-21-36-39(37)43(53)48(41(36)51)33-22-24-47(25-23-33)27-29-8-4-2-5-9-29/h2-20,33,36-40,46,50H,21-27H2,1H3. The highest BCUT2D eigenvalue weighted by Gasteiger charge is 2.70. The van der Waals surface area contributed by atoms with E-state index in [4.69, 9.17) is 0 Å². The Morgan fingerprint density at radius 1 is 0.759 bits per heavy atom. The van der Waals surface area contributed by atoms with E-state index in [2.05, 4.69) is 28.5 Å². The molecule has 4 aromatic rings. The number of phenolic OH excluding ortho intramolecular Hbond substituents is 1. The van der Waals surface area contributed by atoms with Gasteiger partial charge in [0.1, 0.15) is 5.75 Å². The smallest absolute Gasteiger partial charge is 0.260 e. The molecule has 4 fully saturated rings. The minimum Gasteiger partial charge on any atom is -0.508 e. The molecular weight excluding hydrogens is 677 g/mol. The number of benzene rings is 4. The third-order valence-electron chi connectivity index (χ3n) is 12.8. The number of carbonyl (C=O) groups is 4. The summed E-state index contributed by atoms with van der Waals surface area (Å²) in [7, 11) is 0. The minimum atomic E-state index is -1.33. The zero-order chi connectivity index (χ0) is 37.1. The van der Waals surface area contributed by atoms with Crippen molar-refractivity contribution in [1.82, 2.24) is 14.8 Å². The van der Waals surface area contributed by atoms with Crippen LogP contribution in [0.3, 0.4) is 0 Å². The number of piperidine rings is 1. The number of phenols is 1. The van der Waals surface area contributed by atoms with Gasteiger partial charge in [0.2, 0.25) is 11.8 Å². The average molecular weight is 721 g/mol. The molecule has 3 heterocycles. The van der Waals surface area contributed by atoms with E-state index in [1.807, 2.05) is 91.9 Å². The van der Waals surface area contributed by atoms with Crippen LogP contribution in [-0.2, 0) is 31.1 Å². The van der Waals surface area contributed by atoms with E-state index < -0.39 is 35.0 Å². The van der Waals surface area contributed by atoms with Gasteiger partial charge in [0.25, 0.3) is 11.8 Å². The number of hydrogen-bond donors (Lipinski definition) is 2. The summed E-state index contributed by atoms with van der Waals surface area (Å²) < 4.78 is 0. The average Bonchev–Trinajstić information content (AvgIpc) is 3.58. The number of hydrazine groups is 1. The molecule has 0 bridgehead atoms. The van der Waals surface area contributed by atoms with Crippen molar-refractivity contribution in [3.63, 3.8) is 0 Å². The highest BCUT2D eigenvalue weighted by molar-refractivity contribution is 6.13. The van der Waals surface area contributed by atoms with Crippen molar-refractivity contribution in [2.75, 3.05) is 18.5 Å². The fourth-order valence-electron chi connectivity index (χ4n) is 10.4. The quantitative estimate of drug-likeness (QED) is 0.169. The van der Waals surface area contributed by atoms with Crippen LogP contribution in [0.4, 0.5) is 5.69 Å². The molecule has 2 aliphatic carbocycles. The number of rotatable bonds is 7. The van der Waals surface area contributed by atoms with Gasteiger partial charge < -0.3 is 5.11 Å². The zero-order valence-electron chi connectivity index (χ0n) is 30.3. The highest BCUT2D eigenvalue weighted by Crippen LogP contribution is 2.64. The van der Waals surface area contributed by atoms with Gasteiger partial charge in [-0.1, -0.05) is 102 Å². The molecule has 6 unspecified atom stereocenters. The summed E-state index contributed by atoms with van der Waals surface area (Å²) in [4.78, 5) is 63.1. The molecule has 9 heteroatoms. The molecule has 0 radical (unpaired) electrons. The van der Waals surface area contributed by atoms with E-state index in [9.17, 15) is 19.5 Å². The molecule has 1 saturated carbocycles. The third kappa shape index (κ3) is 5.39. The van der Waals surface area contributed by atoms with Crippen LogP contribution >= 0.6 is 0 Å². The van der Waals surface area contributed by atoms with Crippen LogP contribution in [0.1, 0.15) is 53.9 Å². The summed E-state index contributed by atoms with van der Waals surface area (Å²) in [5, 5.41) is 11.5. The monoisotopic (exact) mass is 720 g/mol. The van der Waals surface area contributed by atoms with E-state index in [1.54, 1.807) is 17.0 Å². The van der Waals surface area contributed by atoms with E-state index in [1.165, 1.54) is 10.6 Å². The van der Waals surface area contributed by atoms with Crippen molar-refractivity contribution in [2.45, 2.75) is 56.5 Å². The zero-order valence-corrected chi connectivity index (χ0v) is 30.3. The second-order valence-electron chi connectivity index (χ2n) is 15.7. The second-order valence-corrected chi connectivity index (χ2v) is 15.7. The predicted octanol–water partition coefficient (Wildman–Crippen LogP) is 6.35. The van der Waals surface area contributed by atoms with Crippen LogP contribution in [-0.4, -0.2) is 62.7 Å². The van der Waals surface area contributed by atoms with Gasteiger partial charge in [0, 0.05) is 31.6 Å². The lowest BCUT2D eigenvalue weighted by Crippen LogP contribution is -2.53. The van der Waals surface area contributed by atoms with E-state index in [-0.39, 0.29) is 41.8 Å². The van der Waals surface area contributed by atoms with Crippen LogP contribution in [0.15, 0.2) is 121 Å². The lowest BCUT2D eigenvalue weighted by atomic mass is 9.49. The van der Waals surface area contributed by atoms with Crippen LogP contribution < -0.4 is 5.43 Å². The van der Waals surface area contributed by atoms with Gasteiger partial charge in [-0.15, -0.1) is 0 Å². The lowest BCUT2D eigenvalue weighted by Gasteiger charge is -2.50. The van der Waals surface area contributed by atoms with Crippen molar-refractivity contribution >= 4 is 29.3 Å². The Morgan fingerprint density at radius 3 is 2.11 bits per heavy atom. The molecule has 6 atom stereocenters. The largest absolute Gasteiger partial charge is 0.508 e. The van der Waals surface area contributed by atoms with Gasteiger partial charge >= 0.3 is 0 Å². The molecule has 4 aromatic carbocycles. The Bertz CT molecular complexity index is 2130. The number of imide groups is 2.